The van der Waals surface area contributed by atoms with Gasteiger partial charge in [-0.25, -0.2) is 0 Å². The number of hydrogen-bond donors (Lipinski definition) is 2. The summed E-state index contributed by atoms with van der Waals surface area (Å²) in [5, 5.41) is 59.7. The first-order valence-corrected chi connectivity index (χ1v) is 4.56. The third-order valence-corrected chi connectivity index (χ3v) is 1.84. The third-order valence-electron chi connectivity index (χ3n) is 1.84. The van der Waals surface area contributed by atoms with E-state index < -0.39 is 50.7 Å². The Morgan fingerprint density at radius 2 is 0.333 bits per heavy atom. The number of rotatable bonds is 6. The van der Waals surface area contributed by atoms with Gasteiger partial charge in [-0.2, -0.15) is 0 Å². The van der Waals surface area contributed by atoms with E-state index in [-0.39, 0.29) is 204 Å². The molecule has 31 heteroatoms. The van der Waals surface area contributed by atoms with Crippen molar-refractivity contribution in [2.24, 2.45) is 0 Å². The van der Waals surface area contributed by atoms with Gasteiger partial charge < -0.3 is 135 Å². The second-order valence-corrected chi connectivity index (χ2v) is 3.87. The Morgan fingerprint density at radius 1 is 0.282 bits per heavy atom. The van der Waals surface area contributed by atoms with Crippen LogP contribution in [0.25, 0.3) is 0 Å². The van der Waals surface area contributed by atoms with Crippen LogP contribution in [-0.2, 0) is 183 Å². The molecule has 0 amide bonds. The molecule has 0 fully saturated rings. The first-order valence-electron chi connectivity index (χ1n) is 4.56. The van der Waals surface area contributed by atoms with Gasteiger partial charge in [-0.1, -0.05) is 39.6 Å². The van der Waals surface area contributed by atoms with E-state index in [1.807, 2.05) is 0 Å². The fourth-order valence-corrected chi connectivity index (χ4v) is 0.250. The first kappa shape index (κ1) is 250. The molecule has 0 saturated carbocycles. The zero-order valence-electron chi connectivity index (χ0n) is 19.1. The van der Waals surface area contributed by atoms with Gasteiger partial charge in [0.15, 0.2) is 0 Å². The van der Waals surface area contributed by atoms with Gasteiger partial charge >= 0.3 is 0 Å². The van der Waals surface area contributed by atoms with Crippen LogP contribution < -0.4 is 42.1 Å². The molecule has 0 aliphatic carbocycles. The molecule has 0 aromatic rings. The number of hydrogen-bond acceptors (Lipinski definition) is 6. The molecule has 0 atom stereocenters. The van der Waals surface area contributed by atoms with Crippen molar-refractivity contribution in [1.29, 1.82) is 0 Å². The predicted molar refractivity (Wildman–Crippen MR) is 63.8 cm³/mol. The first-order chi connectivity index (χ1) is 7.36. The molecule has 266 valence electrons. The minimum Gasteiger partial charge on any atom is -2.00 e. The molecule has 0 aromatic heterocycles. The second-order valence-electron chi connectivity index (χ2n) is 3.87. The van der Waals surface area contributed by atoms with Crippen molar-refractivity contribution in [3.63, 3.8) is 0 Å². The van der Waals surface area contributed by atoms with E-state index in [0.29, 0.717) is 0 Å². The maximum atomic E-state index is 9.95. The number of quaternary nitrogens is 2. The van der Waals surface area contributed by atoms with E-state index >= 15 is 0 Å². The summed E-state index contributed by atoms with van der Waals surface area (Å²) in [7, 11) is 0. The summed E-state index contributed by atoms with van der Waals surface area (Å²) in [6.07, 6.45) is 0. The molecule has 0 spiro atoms. The molecule has 6 radical (unpaired) electrons. The van der Waals surface area contributed by atoms with E-state index in [4.69, 9.17) is 0 Å². The maximum absolute atomic E-state index is 9.95. The maximum Gasteiger partial charge on any atom is 0.0483 e. The van der Waals surface area contributed by atoms with Gasteiger partial charge in [0.05, 0.1) is 0 Å². The molecule has 0 rings (SSSR count). The molecule has 39 heavy (non-hydrogen) atoms. The van der Waals surface area contributed by atoms with Gasteiger partial charge in [0.25, 0.3) is 0 Å². The standard InChI is InChI=1S/2C4H8NO3.4H2O.13O.6V/c2*5-4(1-6,2-7)3-8;;;;;;;;;;;;;;;;;;;;;;;/h2*1-3,5H2;4*1H2;;;;;;;;;;;;;;;;;;;/q2*-3;;;;;13*-2;;;;;;/p+2. The average Bonchev–Trinajstić information content (AvgIpc) is 2.37. The van der Waals surface area contributed by atoms with E-state index in [9.17, 15) is 30.6 Å². The summed E-state index contributed by atoms with van der Waals surface area (Å²) in [5.74, 6) is 0. The van der Waals surface area contributed by atoms with E-state index in [0.717, 1.165) is 0 Å². The minimum absolute atomic E-state index is 0. The Kier molecular flexibility index (Phi) is 964. The molecule has 0 bridgehead atoms. The van der Waals surface area contributed by atoms with Crippen molar-refractivity contribution in [1.82, 2.24) is 0 Å². The van der Waals surface area contributed by atoms with Crippen molar-refractivity contribution in [2.75, 3.05) is 39.6 Å². The molecule has 0 aliphatic rings. The average molecular weight is 824 g/mol. The van der Waals surface area contributed by atoms with Crippen LogP contribution in [0, 0.1) is 0 Å². The zero-order valence-corrected chi connectivity index (χ0v) is 27.5. The Hall–Kier alpha value is 2.51. The van der Waals surface area contributed by atoms with Gasteiger partial charge in [0.2, 0.25) is 0 Å². The molecule has 25 nitrogen and oxygen atoms in total. The molecule has 14 N–H and O–H groups in total. The molecule has 0 aromatic carbocycles. The minimum atomic E-state index is -1.29. The molecule has 0 saturated heterocycles. The zero-order chi connectivity index (χ0) is 13.2. The van der Waals surface area contributed by atoms with Gasteiger partial charge in [-0.15, -0.1) is 0 Å². The van der Waals surface area contributed by atoms with E-state index in [2.05, 4.69) is 11.5 Å². The van der Waals surface area contributed by atoms with Crippen LogP contribution in [-0.4, -0.2) is 72.6 Å². The van der Waals surface area contributed by atoms with Gasteiger partial charge in [-0.05, 0) is 0 Å². The Bertz CT molecular complexity index is 164. The summed E-state index contributed by atoms with van der Waals surface area (Å²) >= 11 is 0. The topological polar surface area (TPSA) is 690 Å². The van der Waals surface area contributed by atoms with Crippen LogP contribution in [0.3, 0.4) is 0 Å². The van der Waals surface area contributed by atoms with Crippen molar-refractivity contribution in [2.45, 2.75) is 11.1 Å². The van der Waals surface area contributed by atoms with Crippen LogP contribution in [0.4, 0.5) is 0 Å². The largest absolute Gasteiger partial charge is 2.00 e. The normalized spacial score (nSPS) is 4.92. The Labute approximate surface area is 295 Å². The van der Waals surface area contributed by atoms with Crippen molar-refractivity contribution < 1.29 is 247 Å². The van der Waals surface area contributed by atoms with Gasteiger partial charge in [0.1, 0.15) is 0 Å². The van der Waals surface area contributed by atoms with Crippen LogP contribution >= 0.6 is 0 Å². The van der Waals surface area contributed by atoms with Crippen molar-refractivity contribution >= 4 is 0 Å². The van der Waals surface area contributed by atoms with Crippen LogP contribution in [0.15, 0.2) is 0 Å². The molecular weight excluding hydrogens is 798 g/mol. The fraction of sp³-hybridized carbons (Fsp3) is 1.00. The third kappa shape index (κ3) is 143. The summed E-state index contributed by atoms with van der Waals surface area (Å²) < 4.78 is 0. The summed E-state index contributed by atoms with van der Waals surface area (Å²) in [4.78, 5) is 0. The Balaban J connectivity index is -0.00000000275. The predicted octanol–water partition coefficient (Wildman–Crippen LogP) is -14.8. The van der Waals surface area contributed by atoms with Crippen LogP contribution in [0.2, 0.25) is 0 Å². The molecule has 0 aliphatic heterocycles. The summed E-state index contributed by atoms with van der Waals surface area (Å²) in [6.45, 7) is -4.00. The van der Waals surface area contributed by atoms with E-state index in [1.54, 1.807) is 0 Å². The summed E-state index contributed by atoms with van der Waals surface area (Å²) in [5.41, 5.74) is 3.79. The molecular formula is C8H26N2O23V6-30. The van der Waals surface area contributed by atoms with Crippen LogP contribution in [0.1, 0.15) is 0 Å². The van der Waals surface area contributed by atoms with Gasteiger partial charge in [0, 0.05) is 122 Å². The van der Waals surface area contributed by atoms with E-state index in [1.165, 1.54) is 0 Å². The summed E-state index contributed by atoms with van der Waals surface area (Å²) in [6, 6.07) is 0. The molecule has 0 unspecified atom stereocenters. The quantitative estimate of drug-likeness (QED) is 0.262. The van der Waals surface area contributed by atoms with Crippen LogP contribution in [0.5, 0.6) is 0 Å². The Morgan fingerprint density at radius 3 is 0.333 bits per heavy atom. The van der Waals surface area contributed by atoms with Gasteiger partial charge in [-0.3, -0.25) is 0 Å². The second kappa shape index (κ2) is 150. The fourth-order valence-electron chi connectivity index (χ4n) is 0.250. The molecule has 0 heterocycles. The smallest absolute Gasteiger partial charge is 0.0483 e. The van der Waals surface area contributed by atoms with Crippen molar-refractivity contribution in [3.8, 4) is 0 Å². The van der Waals surface area contributed by atoms with Crippen molar-refractivity contribution in [3.05, 3.63) is 0 Å². The monoisotopic (exact) mass is 824 g/mol. The SMILES string of the molecule is O.O.O.O.[NH3+]C(C[O-])(C[O-])C[O-].[NH3+]C(C[O-])(C[O-])C[O-].[O-2].[O-2].[O-2].[O-2].[O-2].[O-2].[O-2].[O-2].[O-2].[O-2].[O-2].[O-2].[O-2].[V].[V].[V].[V].[V].[V].